The summed E-state index contributed by atoms with van der Waals surface area (Å²) < 4.78 is 26.8. The second-order valence-corrected chi connectivity index (χ2v) is 6.20. The number of carbonyl (C=O) groups is 1. The topological polar surface area (TPSA) is 101 Å². The van der Waals surface area contributed by atoms with Gasteiger partial charge in [-0.05, 0) is 13.8 Å². The molecule has 0 aliphatic carbocycles. The Bertz CT molecular complexity index is 506. The summed E-state index contributed by atoms with van der Waals surface area (Å²) in [6, 6.07) is -1.31. The first-order valence-electron chi connectivity index (χ1n) is 4.96. The molecule has 8 heteroatoms. The van der Waals surface area contributed by atoms with Crippen molar-refractivity contribution >= 4 is 16.0 Å². The van der Waals surface area contributed by atoms with Gasteiger partial charge in [-0.2, -0.15) is 9.82 Å². The van der Waals surface area contributed by atoms with Gasteiger partial charge in [0.05, 0.1) is 11.4 Å². The first-order valence-corrected chi connectivity index (χ1v) is 6.51. The maximum atomic E-state index is 11.6. The van der Waals surface area contributed by atoms with Crippen LogP contribution in [0.4, 0.5) is 0 Å². The van der Waals surface area contributed by atoms with Gasteiger partial charge in [-0.25, -0.2) is 8.42 Å². The van der Waals surface area contributed by atoms with Gasteiger partial charge in [0.25, 0.3) is 0 Å². The number of aliphatic carboxylic acids is 1. The highest BCUT2D eigenvalue weighted by molar-refractivity contribution is 7.90. The molecule has 7 nitrogen and oxygen atoms in total. The number of sulfonamides is 1. The molecule has 0 saturated carbocycles. The molecule has 96 valence electrons. The predicted octanol–water partition coefficient (Wildman–Crippen LogP) is -0.126. The molecule has 2 N–H and O–H groups in total. The molecule has 1 atom stereocenters. The van der Waals surface area contributed by atoms with Crippen LogP contribution in [0.25, 0.3) is 0 Å². The summed E-state index contributed by atoms with van der Waals surface area (Å²) in [6.45, 7) is 2.95. The third-order valence-electron chi connectivity index (χ3n) is 2.21. The van der Waals surface area contributed by atoms with Crippen molar-refractivity contribution in [3.05, 3.63) is 18.0 Å². The van der Waals surface area contributed by atoms with Gasteiger partial charge in [0.2, 0.25) is 10.0 Å². The van der Waals surface area contributed by atoms with E-state index >= 15 is 0 Å². The molecule has 0 fully saturated rings. The molecule has 0 saturated heterocycles. The molecule has 1 rings (SSSR count). The number of rotatable bonds is 5. The molecule has 1 unspecified atom stereocenters. The zero-order valence-electron chi connectivity index (χ0n) is 9.78. The van der Waals surface area contributed by atoms with Crippen LogP contribution < -0.4 is 4.72 Å². The van der Waals surface area contributed by atoms with E-state index in [9.17, 15) is 13.2 Å². The fourth-order valence-corrected chi connectivity index (χ4v) is 1.99. The van der Waals surface area contributed by atoms with Gasteiger partial charge in [0.1, 0.15) is 6.04 Å². The van der Waals surface area contributed by atoms with Gasteiger partial charge in [-0.15, -0.1) is 0 Å². The molecule has 0 radical (unpaired) electrons. The van der Waals surface area contributed by atoms with Crippen molar-refractivity contribution in [3.63, 3.8) is 0 Å². The Balaban J connectivity index is 3.01. The molecule has 0 bridgehead atoms. The van der Waals surface area contributed by atoms with Crippen LogP contribution in [-0.2, 0) is 21.9 Å². The van der Waals surface area contributed by atoms with Crippen LogP contribution >= 0.6 is 0 Å². The summed E-state index contributed by atoms with van der Waals surface area (Å²) in [5.74, 6) is -1.26. The van der Waals surface area contributed by atoms with Gasteiger partial charge < -0.3 is 5.11 Å². The molecule has 0 aromatic carbocycles. The molecule has 1 aromatic rings. The van der Waals surface area contributed by atoms with Crippen LogP contribution in [0.5, 0.6) is 0 Å². The fourth-order valence-electron chi connectivity index (χ4n) is 1.15. The number of nitrogens with one attached hydrogen (secondary N) is 1. The van der Waals surface area contributed by atoms with Crippen LogP contribution in [0.3, 0.4) is 0 Å². The molecule has 0 aliphatic rings. The quantitative estimate of drug-likeness (QED) is 0.769. The van der Waals surface area contributed by atoms with Crippen LogP contribution in [0.2, 0.25) is 0 Å². The van der Waals surface area contributed by atoms with E-state index in [-0.39, 0.29) is 0 Å². The Morgan fingerprint density at radius 3 is 2.47 bits per heavy atom. The first kappa shape index (κ1) is 13.7. The van der Waals surface area contributed by atoms with Crippen LogP contribution in [0.15, 0.2) is 12.4 Å². The lowest BCUT2D eigenvalue weighted by Gasteiger charge is -2.15. The maximum Gasteiger partial charge on any atom is 0.326 e. The zero-order chi connectivity index (χ0) is 13.2. The summed E-state index contributed by atoms with van der Waals surface area (Å²) >= 11 is 0. The number of carboxylic acids is 1. The molecule has 0 amide bonds. The predicted molar refractivity (Wildman–Crippen MR) is 60.8 cm³/mol. The Morgan fingerprint density at radius 1 is 1.53 bits per heavy atom. The van der Waals surface area contributed by atoms with E-state index in [1.54, 1.807) is 7.05 Å². The lowest BCUT2D eigenvalue weighted by molar-refractivity contribution is -0.139. The van der Waals surface area contributed by atoms with E-state index in [0.29, 0.717) is 5.56 Å². The Kier molecular flexibility index (Phi) is 3.89. The summed E-state index contributed by atoms with van der Waals surface area (Å²) in [5.41, 5.74) is 0.296. The number of nitrogens with zero attached hydrogens (tertiary/aromatic N) is 2. The minimum atomic E-state index is -3.65. The van der Waals surface area contributed by atoms with E-state index in [1.807, 2.05) is 0 Å². The number of hydrogen-bond acceptors (Lipinski definition) is 4. The van der Waals surface area contributed by atoms with Crippen molar-refractivity contribution in [1.29, 1.82) is 0 Å². The fraction of sp³-hybridized carbons (Fsp3) is 0.556. The standard InChI is InChI=1S/C9H15N3O4S/c1-6(2)17(15,16)11-8(9(13)14)7-4-10-12(3)5-7/h4-6,8,11H,1-3H3,(H,13,14). The van der Waals surface area contributed by atoms with Crippen LogP contribution in [0, 0.1) is 0 Å². The summed E-state index contributed by atoms with van der Waals surface area (Å²) in [7, 11) is -2.02. The lowest BCUT2D eigenvalue weighted by atomic mass is 10.2. The molecular formula is C9H15N3O4S. The van der Waals surface area contributed by atoms with Gasteiger partial charge in [0.15, 0.2) is 0 Å². The minimum absolute atomic E-state index is 0.296. The Morgan fingerprint density at radius 2 is 2.12 bits per heavy atom. The van der Waals surface area contributed by atoms with Crippen LogP contribution in [0.1, 0.15) is 25.5 Å². The third kappa shape index (κ3) is 3.27. The second-order valence-electron chi connectivity index (χ2n) is 3.93. The number of carboxylic acid groups (broad SMARTS) is 1. The van der Waals surface area contributed by atoms with Crippen LogP contribution in [-0.4, -0.2) is 34.5 Å². The minimum Gasteiger partial charge on any atom is -0.480 e. The average molecular weight is 261 g/mol. The normalized spacial score (nSPS) is 13.9. The lowest BCUT2D eigenvalue weighted by Crippen LogP contribution is -2.37. The first-order chi connectivity index (χ1) is 7.74. The maximum absolute atomic E-state index is 11.6. The highest BCUT2D eigenvalue weighted by atomic mass is 32.2. The SMILES string of the molecule is CC(C)S(=O)(=O)NC(C(=O)O)c1cnn(C)c1. The van der Waals surface area contributed by atoms with Gasteiger partial charge in [0, 0.05) is 18.8 Å². The van der Waals surface area contributed by atoms with Gasteiger partial charge in [-0.1, -0.05) is 0 Å². The third-order valence-corrected chi connectivity index (χ3v) is 4.01. The van der Waals surface area contributed by atoms with Gasteiger partial charge in [-0.3, -0.25) is 9.48 Å². The van der Waals surface area contributed by atoms with E-state index in [4.69, 9.17) is 5.11 Å². The average Bonchev–Trinajstić information content (AvgIpc) is 2.60. The largest absolute Gasteiger partial charge is 0.480 e. The molecule has 1 heterocycles. The highest BCUT2D eigenvalue weighted by Gasteiger charge is 2.28. The molecule has 17 heavy (non-hydrogen) atoms. The Labute approximate surface area is 99.5 Å². The van der Waals surface area contributed by atoms with E-state index < -0.39 is 27.3 Å². The molecule has 0 spiro atoms. The monoisotopic (exact) mass is 261 g/mol. The van der Waals surface area contributed by atoms with E-state index in [1.165, 1.54) is 30.9 Å². The summed E-state index contributed by atoms with van der Waals surface area (Å²) in [5, 5.41) is 12.1. The van der Waals surface area contributed by atoms with Crippen molar-refractivity contribution in [1.82, 2.24) is 14.5 Å². The second kappa shape index (κ2) is 4.84. The number of aromatic nitrogens is 2. The Hall–Kier alpha value is -1.41. The number of aryl methyl sites for hydroxylation is 1. The van der Waals surface area contributed by atoms with Crippen molar-refractivity contribution in [3.8, 4) is 0 Å². The molecular weight excluding hydrogens is 246 g/mol. The molecule has 0 aliphatic heterocycles. The van der Waals surface area contributed by atoms with Crippen molar-refractivity contribution in [2.24, 2.45) is 7.05 Å². The van der Waals surface area contributed by atoms with Crippen molar-refractivity contribution in [2.75, 3.05) is 0 Å². The highest BCUT2D eigenvalue weighted by Crippen LogP contribution is 2.14. The zero-order valence-corrected chi connectivity index (χ0v) is 10.6. The van der Waals surface area contributed by atoms with E-state index in [0.717, 1.165) is 0 Å². The van der Waals surface area contributed by atoms with Crippen molar-refractivity contribution in [2.45, 2.75) is 25.1 Å². The smallest absolute Gasteiger partial charge is 0.326 e. The van der Waals surface area contributed by atoms with Gasteiger partial charge >= 0.3 is 5.97 Å². The number of hydrogen-bond donors (Lipinski definition) is 2. The summed E-state index contributed by atoms with van der Waals surface area (Å²) in [4.78, 5) is 11.0. The summed E-state index contributed by atoms with van der Waals surface area (Å²) in [6.07, 6.45) is 2.78. The van der Waals surface area contributed by atoms with Crippen molar-refractivity contribution < 1.29 is 18.3 Å². The molecule has 1 aromatic heterocycles. The van der Waals surface area contributed by atoms with E-state index in [2.05, 4.69) is 9.82 Å².